The SMILES string of the molecule is CCC1(CNC(C)c2ccc(C)cc2)CCC1. The van der Waals surface area contributed by atoms with Gasteiger partial charge in [-0.2, -0.15) is 0 Å². The van der Waals surface area contributed by atoms with Gasteiger partial charge in [0.2, 0.25) is 0 Å². The molecule has 0 saturated heterocycles. The molecule has 94 valence electrons. The van der Waals surface area contributed by atoms with Gasteiger partial charge in [0.1, 0.15) is 0 Å². The second-order valence-corrected chi connectivity index (χ2v) is 5.72. The first-order chi connectivity index (χ1) is 8.15. The van der Waals surface area contributed by atoms with Crippen molar-refractivity contribution in [3.05, 3.63) is 35.4 Å². The summed E-state index contributed by atoms with van der Waals surface area (Å²) >= 11 is 0. The molecule has 1 heteroatoms. The monoisotopic (exact) mass is 231 g/mol. The molecule has 1 aliphatic rings. The van der Waals surface area contributed by atoms with Crippen molar-refractivity contribution in [3.63, 3.8) is 0 Å². The van der Waals surface area contributed by atoms with Gasteiger partial charge in [-0.3, -0.25) is 0 Å². The quantitative estimate of drug-likeness (QED) is 0.800. The maximum atomic E-state index is 3.71. The molecule has 0 amide bonds. The number of hydrogen-bond donors (Lipinski definition) is 1. The molecule has 1 aliphatic carbocycles. The molecule has 0 bridgehead atoms. The standard InChI is InChI=1S/C16H25N/c1-4-16(10-5-11-16)12-17-14(3)15-8-6-13(2)7-9-15/h6-9,14,17H,4-5,10-12H2,1-3H3. The van der Waals surface area contributed by atoms with E-state index in [0.29, 0.717) is 11.5 Å². The molecule has 2 rings (SSSR count). The predicted octanol–water partition coefficient (Wildman–Crippen LogP) is 4.23. The maximum absolute atomic E-state index is 3.71. The zero-order valence-electron chi connectivity index (χ0n) is 11.4. The van der Waals surface area contributed by atoms with Crippen molar-refractivity contribution in [2.75, 3.05) is 6.54 Å². The Kier molecular flexibility index (Phi) is 3.88. The van der Waals surface area contributed by atoms with Gasteiger partial charge in [0.15, 0.2) is 0 Å². The Morgan fingerprint density at radius 3 is 2.35 bits per heavy atom. The molecule has 0 radical (unpaired) electrons. The average Bonchev–Trinajstić information content (AvgIpc) is 2.29. The summed E-state index contributed by atoms with van der Waals surface area (Å²) in [6, 6.07) is 9.36. The lowest BCUT2D eigenvalue weighted by molar-refractivity contribution is 0.120. The van der Waals surface area contributed by atoms with Gasteiger partial charge in [-0.1, -0.05) is 43.2 Å². The van der Waals surface area contributed by atoms with E-state index in [-0.39, 0.29) is 0 Å². The topological polar surface area (TPSA) is 12.0 Å². The summed E-state index contributed by atoms with van der Waals surface area (Å²) in [6.45, 7) is 7.92. The average molecular weight is 231 g/mol. The Balaban J connectivity index is 1.88. The maximum Gasteiger partial charge on any atom is 0.0292 e. The van der Waals surface area contributed by atoms with Crippen LogP contribution in [0.2, 0.25) is 0 Å². The van der Waals surface area contributed by atoms with Crippen LogP contribution < -0.4 is 5.32 Å². The van der Waals surface area contributed by atoms with E-state index in [4.69, 9.17) is 0 Å². The Hall–Kier alpha value is -0.820. The molecule has 0 heterocycles. The minimum atomic E-state index is 0.472. The van der Waals surface area contributed by atoms with Crippen molar-refractivity contribution in [2.24, 2.45) is 5.41 Å². The normalized spacial score (nSPS) is 19.7. The van der Waals surface area contributed by atoms with Crippen LogP contribution in [0.25, 0.3) is 0 Å². The molecule has 1 nitrogen and oxygen atoms in total. The molecule has 0 aromatic heterocycles. The lowest BCUT2D eigenvalue weighted by Crippen LogP contribution is -2.40. The molecule has 1 atom stereocenters. The third kappa shape index (κ3) is 2.90. The fourth-order valence-corrected chi connectivity index (χ4v) is 2.67. The molecule has 0 aliphatic heterocycles. The molecular weight excluding hydrogens is 206 g/mol. The third-order valence-corrected chi connectivity index (χ3v) is 4.52. The van der Waals surface area contributed by atoms with Crippen LogP contribution in [0, 0.1) is 12.3 Å². The van der Waals surface area contributed by atoms with Gasteiger partial charge in [-0.15, -0.1) is 0 Å². The van der Waals surface area contributed by atoms with E-state index in [9.17, 15) is 0 Å². The molecule has 1 aromatic rings. The largest absolute Gasteiger partial charge is 0.310 e. The van der Waals surface area contributed by atoms with Gasteiger partial charge in [0.05, 0.1) is 0 Å². The fraction of sp³-hybridized carbons (Fsp3) is 0.625. The molecule has 0 spiro atoms. The number of aryl methyl sites for hydroxylation is 1. The Morgan fingerprint density at radius 2 is 1.88 bits per heavy atom. The zero-order chi connectivity index (χ0) is 12.3. The van der Waals surface area contributed by atoms with Crippen LogP contribution >= 0.6 is 0 Å². The number of hydrogen-bond acceptors (Lipinski definition) is 1. The Bertz CT molecular complexity index is 343. The van der Waals surface area contributed by atoms with Gasteiger partial charge in [-0.25, -0.2) is 0 Å². The minimum Gasteiger partial charge on any atom is -0.310 e. The van der Waals surface area contributed by atoms with E-state index in [1.807, 2.05) is 0 Å². The lowest BCUT2D eigenvalue weighted by atomic mass is 9.67. The zero-order valence-corrected chi connectivity index (χ0v) is 11.4. The second-order valence-electron chi connectivity index (χ2n) is 5.72. The van der Waals surface area contributed by atoms with Gasteiger partial charge >= 0.3 is 0 Å². The summed E-state index contributed by atoms with van der Waals surface area (Å²) in [5.41, 5.74) is 3.35. The first kappa shape index (κ1) is 12.6. The number of nitrogens with one attached hydrogen (secondary N) is 1. The summed E-state index contributed by atoms with van der Waals surface area (Å²) in [6.07, 6.45) is 5.57. The number of benzene rings is 1. The van der Waals surface area contributed by atoms with Gasteiger partial charge in [-0.05, 0) is 44.1 Å². The second kappa shape index (κ2) is 5.22. The van der Waals surface area contributed by atoms with Gasteiger partial charge in [0, 0.05) is 12.6 Å². The summed E-state index contributed by atoms with van der Waals surface area (Å²) < 4.78 is 0. The van der Waals surface area contributed by atoms with Crippen molar-refractivity contribution >= 4 is 0 Å². The highest BCUT2D eigenvalue weighted by Gasteiger charge is 2.34. The van der Waals surface area contributed by atoms with Crippen LogP contribution in [0.4, 0.5) is 0 Å². The first-order valence-electron chi connectivity index (χ1n) is 6.95. The highest BCUT2D eigenvalue weighted by molar-refractivity contribution is 5.23. The number of rotatable bonds is 5. The molecule has 17 heavy (non-hydrogen) atoms. The van der Waals surface area contributed by atoms with Crippen LogP contribution in [0.3, 0.4) is 0 Å². The van der Waals surface area contributed by atoms with Crippen molar-refractivity contribution < 1.29 is 0 Å². The van der Waals surface area contributed by atoms with Crippen LogP contribution in [0.5, 0.6) is 0 Å². The van der Waals surface area contributed by atoms with Crippen LogP contribution in [-0.2, 0) is 0 Å². The van der Waals surface area contributed by atoms with E-state index in [0.717, 1.165) is 0 Å². The van der Waals surface area contributed by atoms with Crippen LogP contribution in [-0.4, -0.2) is 6.54 Å². The molecule has 1 saturated carbocycles. The molecule has 1 fully saturated rings. The van der Waals surface area contributed by atoms with Crippen LogP contribution in [0.1, 0.15) is 56.7 Å². The first-order valence-corrected chi connectivity index (χ1v) is 6.95. The lowest BCUT2D eigenvalue weighted by Gasteiger charge is -2.42. The highest BCUT2D eigenvalue weighted by atomic mass is 14.9. The molecule has 1 unspecified atom stereocenters. The Labute approximate surface area is 106 Å². The smallest absolute Gasteiger partial charge is 0.0292 e. The van der Waals surface area contributed by atoms with E-state index in [1.54, 1.807) is 0 Å². The van der Waals surface area contributed by atoms with Gasteiger partial charge < -0.3 is 5.32 Å². The van der Waals surface area contributed by atoms with E-state index < -0.39 is 0 Å². The van der Waals surface area contributed by atoms with Crippen molar-refractivity contribution in [1.29, 1.82) is 0 Å². The van der Waals surface area contributed by atoms with Gasteiger partial charge in [0.25, 0.3) is 0 Å². The summed E-state index contributed by atoms with van der Waals surface area (Å²) in [7, 11) is 0. The molecule has 1 N–H and O–H groups in total. The van der Waals surface area contributed by atoms with Crippen molar-refractivity contribution in [3.8, 4) is 0 Å². The van der Waals surface area contributed by atoms with Crippen molar-refractivity contribution in [1.82, 2.24) is 5.32 Å². The molecule has 1 aromatic carbocycles. The highest BCUT2D eigenvalue weighted by Crippen LogP contribution is 2.43. The van der Waals surface area contributed by atoms with Crippen molar-refractivity contribution in [2.45, 2.75) is 52.5 Å². The summed E-state index contributed by atoms with van der Waals surface area (Å²) in [5, 5.41) is 3.71. The fourth-order valence-electron chi connectivity index (χ4n) is 2.67. The summed E-state index contributed by atoms with van der Waals surface area (Å²) in [4.78, 5) is 0. The summed E-state index contributed by atoms with van der Waals surface area (Å²) in [5.74, 6) is 0. The third-order valence-electron chi connectivity index (χ3n) is 4.52. The van der Waals surface area contributed by atoms with E-state index >= 15 is 0 Å². The predicted molar refractivity (Wildman–Crippen MR) is 74.2 cm³/mol. The van der Waals surface area contributed by atoms with Crippen LogP contribution in [0.15, 0.2) is 24.3 Å². The minimum absolute atomic E-state index is 0.472. The van der Waals surface area contributed by atoms with E-state index in [1.165, 1.54) is 43.4 Å². The van der Waals surface area contributed by atoms with E-state index in [2.05, 4.69) is 50.4 Å². The Morgan fingerprint density at radius 1 is 1.24 bits per heavy atom. The molecular formula is C16H25N.